The Balaban J connectivity index is 1.98. The zero-order valence-corrected chi connectivity index (χ0v) is 19.2. The van der Waals surface area contributed by atoms with Gasteiger partial charge < -0.3 is 10.2 Å². The number of likely N-dealkylation sites (N-methyl/N-ethyl adjacent to an activating group) is 1. The lowest BCUT2D eigenvalue weighted by molar-refractivity contribution is -0.140. The molecule has 0 aliphatic rings. The fourth-order valence-electron chi connectivity index (χ4n) is 3.89. The lowest BCUT2D eigenvalue weighted by Gasteiger charge is -2.32. The molecule has 0 heterocycles. The van der Waals surface area contributed by atoms with Crippen molar-refractivity contribution in [1.29, 1.82) is 0 Å². The summed E-state index contributed by atoms with van der Waals surface area (Å²) in [5.74, 6) is -0.169. The first-order valence-electron chi connectivity index (χ1n) is 11.2. The minimum Gasteiger partial charge on any atom is -0.355 e. The second-order valence-electron chi connectivity index (χ2n) is 8.15. The van der Waals surface area contributed by atoms with E-state index in [0.717, 1.165) is 27.8 Å². The van der Waals surface area contributed by atoms with Crippen molar-refractivity contribution in [3.8, 4) is 0 Å². The van der Waals surface area contributed by atoms with Crippen LogP contribution in [-0.4, -0.2) is 29.3 Å². The Morgan fingerprint density at radius 3 is 1.97 bits per heavy atom. The second-order valence-corrected chi connectivity index (χ2v) is 8.15. The third-order valence-corrected chi connectivity index (χ3v) is 5.83. The molecule has 4 heteroatoms. The zero-order valence-electron chi connectivity index (χ0n) is 19.2. The van der Waals surface area contributed by atoms with Gasteiger partial charge in [-0.1, -0.05) is 78.9 Å². The first-order chi connectivity index (χ1) is 15.5. The quantitative estimate of drug-likeness (QED) is 0.541. The fourth-order valence-corrected chi connectivity index (χ4v) is 3.89. The number of nitrogens with zero attached hydrogens (tertiary/aromatic N) is 1. The Bertz CT molecular complexity index is 1050. The van der Waals surface area contributed by atoms with Gasteiger partial charge in [0.05, 0.1) is 6.42 Å². The molecule has 1 N–H and O–H groups in total. The molecular weight excluding hydrogens is 396 g/mol. The lowest BCUT2D eigenvalue weighted by atomic mass is 9.99. The van der Waals surface area contributed by atoms with Gasteiger partial charge in [0.2, 0.25) is 11.8 Å². The van der Waals surface area contributed by atoms with E-state index in [1.807, 2.05) is 99.6 Å². The van der Waals surface area contributed by atoms with Crippen LogP contribution in [-0.2, 0) is 29.0 Å². The Morgan fingerprint density at radius 2 is 1.38 bits per heavy atom. The van der Waals surface area contributed by atoms with Gasteiger partial charge in [-0.3, -0.25) is 9.59 Å². The average molecular weight is 429 g/mol. The van der Waals surface area contributed by atoms with Crippen LogP contribution in [0.1, 0.15) is 34.7 Å². The van der Waals surface area contributed by atoms with E-state index in [2.05, 4.69) is 5.32 Å². The van der Waals surface area contributed by atoms with E-state index < -0.39 is 6.04 Å². The molecule has 0 aliphatic carbocycles. The van der Waals surface area contributed by atoms with Crippen molar-refractivity contribution in [3.63, 3.8) is 0 Å². The number of nitrogens with one attached hydrogen (secondary N) is 1. The largest absolute Gasteiger partial charge is 0.355 e. The monoisotopic (exact) mass is 428 g/mol. The molecular formula is C28H32N2O2. The highest BCUT2D eigenvalue weighted by atomic mass is 16.2. The summed E-state index contributed by atoms with van der Waals surface area (Å²) < 4.78 is 0. The summed E-state index contributed by atoms with van der Waals surface area (Å²) in [5.41, 5.74) is 5.25. The summed E-state index contributed by atoms with van der Waals surface area (Å²) in [6.07, 6.45) is 0.737. The highest BCUT2D eigenvalue weighted by Gasteiger charge is 2.30. The van der Waals surface area contributed by atoms with Crippen LogP contribution in [0.4, 0.5) is 0 Å². The molecule has 0 bridgehead atoms. The van der Waals surface area contributed by atoms with Crippen LogP contribution in [0.25, 0.3) is 0 Å². The van der Waals surface area contributed by atoms with E-state index in [-0.39, 0.29) is 18.2 Å². The predicted octanol–water partition coefficient (Wildman–Crippen LogP) is 4.62. The van der Waals surface area contributed by atoms with Crippen molar-refractivity contribution >= 4 is 11.8 Å². The van der Waals surface area contributed by atoms with Crippen molar-refractivity contribution in [2.45, 2.75) is 46.2 Å². The molecule has 0 saturated heterocycles. The van der Waals surface area contributed by atoms with Crippen molar-refractivity contribution in [1.82, 2.24) is 10.2 Å². The molecule has 0 aromatic heterocycles. The van der Waals surface area contributed by atoms with E-state index in [4.69, 9.17) is 0 Å². The van der Waals surface area contributed by atoms with E-state index >= 15 is 0 Å². The highest BCUT2D eigenvalue weighted by Crippen LogP contribution is 2.19. The van der Waals surface area contributed by atoms with Crippen LogP contribution in [0.5, 0.6) is 0 Å². The summed E-state index contributed by atoms with van der Waals surface area (Å²) in [7, 11) is 0. The van der Waals surface area contributed by atoms with E-state index in [9.17, 15) is 9.59 Å². The minimum absolute atomic E-state index is 0.0465. The third kappa shape index (κ3) is 6.07. The molecule has 0 fully saturated rings. The predicted molar refractivity (Wildman–Crippen MR) is 129 cm³/mol. The van der Waals surface area contributed by atoms with Crippen molar-refractivity contribution in [2.24, 2.45) is 0 Å². The molecule has 3 rings (SSSR count). The number of aryl methyl sites for hydroxylation is 2. The van der Waals surface area contributed by atoms with Crippen molar-refractivity contribution in [3.05, 3.63) is 107 Å². The third-order valence-electron chi connectivity index (χ3n) is 5.83. The van der Waals surface area contributed by atoms with Crippen LogP contribution >= 0.6 is 0 Å². The van der Waals surface area contributed by atoms with Gasteiger partial charge in [0.25, 0.3) is 0 Å². The molecule has 0 unspecified atom stereocenters. The molecule has 0 saturated carbocycles. The molecule has 0 spiro atoms. The summed E-state index contributed by atoms with van der Waals surface area (Å²) in [5, 5.41) is 2.94. The minimum atomic E-state index is -0.589. The smallest absolute Gasteiger partial charge is 0.243 e. The number of carbonyl (C=O) groups excluding carboxylic acids is 2. The molecule has 1 atom stereocenters. The van der Waals surface area contributed by atoms with Crippen LogP contribution < -0.4 is 5.32 Å². The van der Waals surface area contributed by atoms with Gasteiger partial charge in [-0.25, -0.2) is 0 Å². The van der Waals surface area contributed by atoms with E-state index in [1.54, 1.807) is 4.90 Å². The van der Waals surface area contributed by atoms with Gasteiger partial charge >= 0.3 is 0 Å². The lowest BCUT2D eigenvalue weighted by Crippen LogP contribution is -2.51. The summed E-state index contributed by atoms with van der Waals surface area (Å²) in [4.78, 5) is 28.6. The SMILES string of the molecule is CCNC(=O)[C@@H](Cc1ccccc1)N(Cc1ccccc1C)C(=O)Cc1ccccc1C. The van der Waals surface area contributed by atoms with Crippen molar-refractivity contribution < 1.29 is 9.59 Å². The van der Waals surface area contributed by atoms with Gasteiger partial charge in [-0.15, -0.1) is 0 Å². The molecule has 0 radical (unpaired) electrons. The highest BCUT2D eigenvalue weighted by molar-refractivity contribution is 5.89. The van der Waals surface area contributed by atoms with Crippen molar-refractivity contribution in [2.75, 3.05) is 6.54 Å². The molecule has 0 aliphatic heterocycles. The zero-order chi connectivity index (χ0) is 22.9. The van der Waals surface area contributed by atoms with E-state index in [0.29, 0.717) is 19.5 Å². The number of carbonyl (C=O) groups is 2. The maximum absolute atomic E-state index is 13.7. The van der Waals surface area contributed by atoms with Gasteiger partial charge in [-0.2, -0.15) is 0 Å². The Labute approximate surface area is 191 Å². The second kappa shape index (κ2) is 11.3. The molecule has 166 valence electrons. The van der Waals surface area contributed by atoms with Gasteiger partial charge in [0.1, 0.15) is 6.04 Å². The fraction of sp³-hybridized carbons (Fsp3) is 0.286. The van der Waals surface area contributed by atoms with Gasteiger partial charge in [0, 0.05) is 19.5 Å². The molecule has 3 aromatic rings. The standard InChI is InChI=1S/C28H32N2O2/c1-4-29-28(32)26(18-23-14-6-5-7-15-23)30(20-25-17-11-9-13-22(25)3)27(31)19-24-16-10-8-12-21(24)2/h5-17,26H,4,18-20H2,1-3H3,(H,29,32)/t26-/m1/s1. The number of rotatable bonds is 9. The molecule has 4 nitrogen and oxygen atoms in total. The molecule has 32 heavy (non-hydrogen) atoms. The topological polar surface area (TPSA) is 49.4 Å². The molecule has 3 aromatic carbocycles. The van der Waals surface area contributed by atoms with Gasteiger partial charge in [-0.05, 0) is 48.6 Å². The number of hydrogen-bond acceptors (Lipinski definition) is 2. The summed E-state index contributed by atoms with van der Waals surface area (Å²) in [6, 6.07) is 25.3. The number of benzene rings is 3. The normalized spacial score (nSPS) is 11.6. The van der Waals surface area contributed by atoms with Crippen LogP contribution in [0.15, 0.2) is 78.9 Å². The maximum atomic E-state index is 13.7. The summed E-state index contributed by atoms with van der Waals surface area (Å²) >= 11 is 0. The van der Waals surface area contributed by atoms with Crippen LogP contribution in [0.3, 0.4) is 0 Å². The Morgan fingerprint density at radius 1 is 0.812 bits per heavy atom. The Hall–Kier alpha value is -3.40. The maximum Gasteiger partial charge on any atom is 0.243 e. The van der Waals surface area contributed by atoms with E-state index in [1.165, 1.54) is 0 Å². The first kappa shape index (κ1) is 23.3. The average Bonchev–Trinajstić information content (AvgIpc) is 2.79. The summed E-state index contributed by atoms with van der Waals surface area (Å²) in [6.45, 7) is 6.87. The van der Waals surface area contributed by atoms with Crippen LogP contribution in [0, 0.1) is 13.8 Å². The van der Waals surface area contributed by atoms with Crippen LogP contribution in [0.2, 0.25) is 0 Å². The molecule has 2 amide bonds. The number of hydrogen-bond donors (Lipinski definition) is 1. The first-order valence-corrected chi connectivity index (χ1v) is 11.2. The van der Waals surface area contributed by atoms with Gasteiger partial charge in [0.15, 0.2) is 0 Å². The number of amides is 2. The Kier molecular flexibility index (Phi) is 8.20.